The van der Waals surface area contributed by atoms with Crippen molar-refractivity contribution >= 4 is 22.9 Å². The van der Waals surface area contributed by atoms with Crippen molar-refractivity contribution in [3.63, 3.8) is 0 Å². The lowest BCUT2D eigenvalue weighted by Crippen LogP contribution is -2.41. The van der Waals surface area contributed by atoms with Crippen LogP contribution < -0.4 is 9.64 Å². The zero-order chi connectivity index (χ0) is 18.3. The highest BCUT2D eigenvalue weighted by atomic mass is 16.5. The smallest absolute Gasteiger partial charge is 0.320 e. The van der Waals surface area contributed by atoms with E-state index < -0.39 is 0 Å². The standard InChI is InChI=1S/C18H22N6O2/c1-4-5-12(3)26-18-20-16-15-17(21-18)23(10-14(25)24(15)22-16)9-13-7-6-11(2)19-8-13/h6-8,12H,4-5,9-10H2,1-3H3,(H,20,21,22). The molecule has 1 atom stereocenters. The maximum atomic E-state index is 12.3. The van der Waals surface area contributed by atoms with E-state index in [1.165, 1.54) is 4.68 Å². The summed E-state index contributed by atoms with van der Waals surface area (Å²) in [5.74, 6) is 0.689. The Balaban J connectivity index is 1.67. The molecule has 1 unspecified atom stereocenters. The van der Waals surface area contributed by atoms with Gasteiger partial charge in [0.15, 0.2) is 17.0 Å². The Morgan fingerprint density at radius 3 is 2.92 bits per heavy atom. The minimum Gasteiger partial charge on any atom is -0.460 e. The van der Waals surface area contributed by atoms with E-state index in [0.717, 1.165) is 29.6 Å². The van der Waals surface area contributed by atoms with E-state index in [2.05, 4.69) is 27.0 Å². The summed E-state index contributed by atoms with van der Waals surface area (Å²) in [6.07, 6.45) is 3.85. The van der Waals surface area contributed by atoms with Gasteiger partial charge in [-0.2, -0.15) is 9.97 Å². The number of rotatable bonds is 6. The number of aromatic nitrogens is 5. The van der Waals surface area contributed by atoms with E-state index in [1.807, 2.05) is 37.1 Å². The second kappa shape index (κ2) is 6.44. The first kappa shape index (κ1) is 16.6. The van der Waals surface area contributed by atoms with Gasteiger partial charge in [0.05, 0.1) is 6.10 Å². The van der Waals surface area contributed by atoms with Crippen LogP contribution in [0.15, 0.2) is 18.3 Å². The van der Waals surface area contributed by atoms with Crippen LogP contribution in [-0.4, -0.2) is 43.3 Å². The van der Waals surface area contributed by atoms with Crippen molar-refractivity contribution < 1.29 is 9.53 Å². The number of H-pyrrole nitrogens is 1. The van der Waals surface area contributed by atoms with Gasteiger partial charge >= 0.3 is 6.01 Å². The summed E-state index contributed by atoms with van der Waals surface area (Å²) >= 11 is 0. The van der Waals surface area contributed by atoms with Gasteiger partial charge in [0, 0.05) is 18.4 Å². The van der Waals surface area contributed by atoms with Crippen LogP contribution in [0.2, 0.25) is 0 Å². The molecule has 1 N–H and O–H groups in total. The lowest BCUT2D eigenvalue weighted by Gasteiger charge is -2.31. The zero-order valence-corrected chi connectivity index (χ0v) is 15.2. The summed E-state index contributed by atoms with van der Waals surface area (Å²) in [5, 5.41) is 2.97. The van der Waals surface area contributed by atoms with E-state index >= 15 is 0 Å². The molecular formula is C18H22N6O2. The number of anilines is 1. The number of nitrogens with zero attached hydrogens (tertiary/aromatic N) is 5. The lowest BCUT2D eigenvalue weighted by molar-refractivity contribution is 0.0900. The molecule has 0 bridgehead atoms. The molecule has 0 spiro atoms. The normalized spacial score (nSPS) is 14.9. The van der Waals surface area contributed by atoms with E-state index in [0.29, 0.717) is 24.0 Å². The van der Waals surface area contributed by atoms with Crippen LogP contribution >= 0.6 is 0 Å². The van der Waals surface area contributed by atoms with E-state index in [1.54, 1.807) is 0 Å². The first-order chi connectivity index (χ1) is 12.5. The van der Waals surface area contributed by atoms with Crippen molar-refractivity contribution in [1.82, 2.24) is 24.7 Å². The highest BCUT2D eigenvalue weighted by Gasteiger charge is 2.31. The summed E-state index contributed by atoms with van der Waals surface area (Å²) < 4.78 is 7.37. The molecule has 8 heteroatoms. The number of hydrogen-bond donors (Lipinski definition) is 1. The quantitative estimate of drug-likeness (QED) is 0.732. The summed E-state index contributed by atoms with van der Waals surface area (Å²) in [6, 6.07) is 4.33. The van der Waals surface area contributed by atoms with E-state index in [9.17, 15) is 4.79 Å². The van der Waals surface area contributed by atoms with Crippen LogP contribution in [0.1, 0.15) is 42.7 Å². The van der Waals surface area contributed by atoms with Gasteiger partial charge in [0.1, 0.15) is 6.54 Å². The molecule has 0 saturated heterocycles. The second-order valence-corrected chi connectivity index (χ2v) is 6.75. The van der Waals surface area contributed by atoms with Crippen LogP contribution in [0.5, 0.6) is 6.01 Å². The lowest BCUT2D eigenvalue weighted by atomic mass is 10.2. The molecule has 0 aromatic carbocycles. The third kappa shape index (κ3) is 2.91. The third-order valence-electron chi connectivity index (χ3n) is 4.51. The predicted molar refractivity (Wildman–Crippen MR) is 97.5 cm³/mol. The molecule has 4 rings (SSSR count). The molecule has 0 amide bonds. The maximum Gasteiger partial charge on any atom is 0.320 e. The zero-order valence-electron chi connectivity index (χ0n) is 15.2. The largest absolute Gasteiger partial charge is 0.460 e. The number of aromatic amines is 1. The van der Waals surface area contributed by atoms with Crippen LogP contribution in [0.25, 0.3) is 11.2 Å². The molecule has 3 aromatic rings. The molecule has 0 saturated carbocycles. The fourth-order valence-electron chi connectivity index (χ4n) is 3.17. The number of nitrogens with one attached hydrogen (secondary N) is 1. The second-order valence-electron chi connectivity index (χ2n) is 6.75. The van der Waals surface area contributed by atoms with Gasteiger partial charge in [-0.1, -0.05) is 19.4 Å². The monoisotopic (exact) mass is 354 g/mol. The number of hydrogen-bond acceptors (Lipinski definition) is 6. The summed E-state index contributed by atoms with van der Waals surface area (Å²) in [6.45, 7) is 6.88. The number of pyridine rings is 1. The topological polar surface area (TPSA) is 88.9 Å². The minimum atomic E-state index is -0.0262. The molecule has 4 heterocycles. The van der Waals surface area contributed by atoms with Crippen molar-refractivity contribution in [1.29, 1.82) is 0 Å². The van der Waals surface area contributed by atoms with Gasteiger partial charge < -0.3 is 9.64 Å². The summed E-state index contributed by atoms with van der Waals surface area (Å²) in [7, 11) is 0. The average molecular weight is 354 g/mol. The predicted octanol–water partition coefficient (Wildman–Crippen LogP) is 2.69. The van der Waals surface area contributed by atoms with Crippen molar-refractivity contribution in [3.05, 3.63) is 29.6 Å². The number of carbonyl (C=O) groups excluding carboxylic acids is 1. The summed E-state index contributed by atoms with van der Waals surface area (Å²) in [4.78, 5) is 27.6. The number of ether oxygens (including phenoxy) is 1. The van der Waals surface area contributed by atoms with Crippen molar-refractivity contribution in [2.24, 2.45) is 0 Å². The van der Waals surface area contributed by atoms with Crippen molar-refractivity contribution in [2.45, 2.75) is 46.3 Å². The Morgan fingerprint density at radius 1 is 1.35 bits per heavy atom. The Hall–Kier alpha value is -2.90. The van der Waals surface area contributed by atoms with Gasteiger partial charge in [-0.25, -0.2) is 4.68 Å². The highest BCUT2D eigenvalue weighted by Crippen LogP contribution is 2.31. The fourth-order valence-corrected chi connectivity index (χ4v) is 3.17. The molecule has 1 aliphatic heterocycles. The molecule has 26 heavy (non-hydrogen) atoms. The number of aryl methyl sites for hydroxylation is 1. The molecule has 8 nitrogen and oxygen atoms in total. The Bertz CT molecular complexity index is 943. The van der Waals surface area contributed by atoms with Crippen LogP contribution in [-0.2, 0) is 6.54 Å². The molecule has 136 valence electrons. The molecule has 0 radical (unpaired) electrons. The van der Waals surface area contributed by atoms with Crippen molar-refractivity contribution in [2.75, 3.05) is 11.4 Å². The van der Waals surface area contributed by atoms with Crippen molar-refractivity contribution in [3.8, 4) is 6.01 Å². The van der Waals surface area contributed by atoms with Gasteiger partial charge in [-0.05, 0) is 31.9 Å². The highest BCUT2D eigenvalue weighted by molar-refractivity contribution is 6.01. The SMILES string of the molecule is CCCC(C)Oc1nc2c3c(n1)[nH]n3C(=O)CN2Cc1ccc(C)nc1. The van der Waals surface area contributed by atoms with Crippen LogP contribution in [0, 0.1) is 6.92 Å². The first-order valence-corrected chi connectivity index (χ1v) is 8.90. The third-order valence-corrected chi connectivity index (χ3v) is 4.51. The van der Waals surface area contributed by atoms with Crippen LogP contribution in [0.3, 0.4) is 0 Å². The van der Waals surface area contributed by atoms with E-state index in [-0.39, 0.29) is 18.6 Å². The van der Waals surface area contributed by atoms with Gasteiger partial charge in [-0.15, -0.1) is 0 Å². The number of carbonyl (C=O) groups is 1. The minimum absolute atomic E-state index is 0.0262. The summed E-state index contributed by atoms with van der Waals surface area (Å²) in [5.41, 5.74) is 3.34. The molecule has 0 fully saturated rings. The van der Waals surface area contributed by atoms with Gasteiger partial charge in [0.25, 0.3) is 5.91 Å². The van der Waals surface area contributed by atoms with Gasteiger partial charge in [0.2, 0.25) is 0 Å². The Kier molecular flexibility index (Phi) is 4.10. The first-order valence-electron chi connectivity index (χ1n) is 8.90. The molecule has 3 aromatic heterocycles. The van der Waals surface area contributed by atoms with Crippen LogP contribution in [0.4, 0.5) is 5.82 Å². The fraction of sp³-hybridized carbons (Fsp3) is 0.444. The molecular weight excluding hydrogens is 332 g/mol. The average Bonchev–Trinajstić information content (AvgIpc) is 2.57. The van der Waals surface area contributed by atoms with E-state index in [4.69, 9.17) is 4.74 Å². The Morgan fingerprint density at radius 2 is 2.19 bits per heavy atom. The Labute approximate surface area is 151 Å². The molecule has 1 aliphatic rings. The van der Waals surface area contributed by atoms with Gasteiger partial charge in [-0.3, -0.25) is 14.9 Å². The molecule has 0 aliphatic carbocycles. The maximum absolute atomic E-state index is 12.3.